The Kier molecular flexibility index (Phi) is 5.54. The number of alkyl halides is 3. The van der Waals surface area contributed by atoms with Gasteiger partial charge >= 0.3 is 6.18 Å². The number of nitrogens with one attached hydrogen (secondary N) is 1. The Bertz CT molecular complexity index is 1170. The normalized spacial score (nSPS) is 19.5. The average molecular weight is 457 g/mol. The van der Waals surface area contributed by atoms with Crippen molar-refractivity contribution in [3.05, 3.63) is 58.9 Å². The van der Waals surface area contributed by atoms with Gasteiger partial charge in [-0.25, -0.2) is 4.98 Å². The molecule has 3 heterocycles. The monoisotopic (exact) mass is 456 g/mol. The first-order valence-corrected chi connectivity index (χ1v) is 11.5. The number of nitrogens with zero attached hydrogens (tertiary/aromatic N) is 3. The molecule has 1 atom stereocenters. The maximum Gasteiger partial charge on any atom is 0.417 e. The van der Waals surface area contributed by atoms with E-state index in [0.29, 0.717) is 43.5 Å². The zero-order valence-corrected chi connectivity index (χ0v) is 18.6. The molecule has 1 saturated heterocycles. The van der Waals surface area contributed by atoms with Gasteiger partial charge in [0.2, 0.25) is 0 Å². The number of aromatic amines is 1. The lowest BCUT2D eigenvalue weighted by atomic mass is 9.87. The second kappa shape index (κ2) is 8.39. The molecule has 0 spiro atoms. The van der Waals surface area contributed by atoms with Crippen molar-refractivity contribution >= 4 is 22.6 Å². The van der Waals surface area contributed by atoms with E-state index in [1.807, 2.05) is 21.9 Å². The number of aromatic nitrogens is 2. The van der Waals surface area contributed by atoms with Gasteiger partial charge in [0.25, 0.3) is 5.91 Å². The van der Waals surface area contributed by atoms with Crippen LogP contribution >= 0.6 is 0 Å². The third kappa shape index (κ3) is 4.18. The van der Waals surface area contributed by atoms with Crippen LogP contribution < -0.4 is 4.90 Å². The predicted molar refractivity (Wildman–Crippen MR) is 121 cm³/mol. The standard InChI is InChI=1S/C25H27F3N4O/c1-16-6-8-21-20(14-16)18-4-2-5-19(23(18)30-21)24(33)32-11-3-10-31(12-13-32)22-9-7-17(15-29-22)25(26,27)28/h2,4-5,7,9,15-16,30H,3,6,8,10-14H2,1H3/t16-/m0/s1. The minimum Gasteiger partial charge on any atom is -0.358 e. The van der Waals surface area contributed by atoms with Crippen LogP contribution in [0.1, 0.15) is 46.9 Å². The predicted octanol–water partition coefficient (Wildman–Crippen LogP) is 5.06. The van der Waals surface area contributed by atoms with Crippen LogP contribution in [0, 0.1) is 5.92 Å². The van der Waals surface area contributed by atoms with E-state index in [9.17, 15) is 18.0 Å². The molecule has 33 heavy (non-hydrogen) atoms. The number of H-pyrrole nitrogens is 1. The van der Waals surface area contributed by atoms with Gasteiger partial charge in [0.05, 0.1) is 16.6 Å². The molecular formula is C25H27F3N4O. The first-order valence-electron chi connectivity index (χ1n) is 11.5. The molecule has 5 nitrogen and oxygen atoms in total. The molecule has 174 valence electrons. The van der Waals surface area contributed by atoms with Gasteiger partial charge in [-0.2, -0.15) is 13.2 Å². The molecule has 1 fully saturated rings. The molecule has 0 unspecified atom stereocenters. The van der Waals surface area contributed by atoms with Crippen LogP contribution in [0.25, 0.3) is 10.9 Å². The van der Waals surface area contributed by atoms with E-state index < -0.39 is 11.7 Å². The molecule has 8 heteroatoms. The number of carbonyl (C=O) groups is 1. The number of aryl methyl sites for hydroxylation is 1. The Morgan fingerprint density at radius 3 is 2.73 bits per heavy atom. The second-order valence-electron chi connectivity index (χ2n) is 9.19. The zero-order chi connectivity index (χ0) is 23.2. The van der Waals surface area contributed by atoms with E-state index in [1.54, 1.807) is 0 Å². The number of rotatable bonds is 2. The highest BCUT2D eigenvalue weighted by Crippen LogP contribution is 2.33. The summed E-state index contributed by atoms with van der Waals surface area (Å²) in [5, 5.41) is 1.15. The van der Waals surface area contributed by atoms with Gasteiger partial charge in [0.15, 0.2) is 0 Å². The van der Waals surface area contributed by atoms with Crippen molar-refractivity contribution < 1.29 is 18.0 Å². The van der Waals surface area contributed by atoms with E-state index in [0.717, 1.165) is 48.8 Å². The molecule has 3 aromatic rings. The van der Waals surface area contributed by atoms with Gasteiger partial charge < -0.3 is 14.8 Å². The number of anilines is 1. The van der Waals surface area contributed by atoms with Crippen LogP contribution in [-0.4, -0.2) is 47.0 Å². The number of carbonyl (C=O) groups excluding carboxylic acids is 1. The summed E-state index contributed by atoms with van der Waals surface area (Å²) in [6, 6.07) is 8.41. The second-order valence-corrected chi connectivity index (χ2v) is 9.19. The van der Waals surface area contributed by atoms with Gasteiger partial charge in [-0.1, -0.05) is 19.1 Å². The average Bonchev–Trinajstić information content (AvgIpc) is 2.99. The Morgan fingerprint density at radius 2 is 1.97 bits per heavy atom. The Morgan fingerprint density at radius 1 is 1.12 bits per heavy atom. The van der Waals surface area contributed by atoms with Crippen LogP contribution in [-0.2, 0) is 19.0 Å². The van der Waals surface area contributed by atoms with Gasteiger partial charge in [0.1, 0.15) is 5.82 Å². The minimum atomic E-state index is -4.40. The molecule has 1 aromatic carbocycles. The minimum absolute atomic E-state index is 0.00512. The molecular weight excluding hydrogens is 429 g/mol. The van der Waals surface area contributed by atoms with Gasteiger partial charge in [-0.15, -0.1) is 0 Å². The maximum absolute atomic E-state index is 13.5. The lowest BCUT2D eigenvalue weighted by Gasteiger charge is -2.23. The summed E-state index contributed by atoms with van der Waals surface area (Å²) in [6.07, 6.45) is 0.400. The summed E-state index contributed by atoms with van der Waals surface area (Å²) < 4.78 is 38.5. The zero-order valence-electron chi connectivity index (χ0n) is 18.6. The lowest BCUT2D eigenvalue weighted by Crippen LogP contribution is -2.35. The van der Waals surface area contributed by atoms with Crippen molar-refractivity contribution in [1.82, 2.24) is 14.9 Å². The largest absolute Gasteiger partial charge is 0.417 e. The summed E-state index contributed by atoms with van der Waals surface area (Å²) in [7, 11) is 0. The summed E-state index contributed by atoms with van der Waals surface area (Å²) in [4.78, 5) is 24.8. The Hall–Kier alpha value is -3.03. The van der Waals surface area contributed by atoms with Gasteiger partial charge in [-0.3, -0.25) is 4.79 Å². The number of fused-ring (bicyclic) bond motifs is 3. The number of halogens is 3. The third-order valence-electron chi connectivity index (χ3n) is 6.88. The third-order valence-corrected chi connectivity index (χ3v) is 6.88. The Labute approximate surface area is 190 Å². The van der Waals surface area contributed by atoms with Crippen LogP contribution in [0.4, 0.5) is 19.0 Å². The van der Waals surface area contributed by atoms with Crippen molar-refractivity contribution in [2.75, 3.05) is 31.1 Å². The molecule has 1 aliphatic heterocycles. The fraction of sp³-hybridized carbons (Fsp3) is 0.440. The van der Waals surface area contributed by atoms with Gasteiger partial charge in [0, 0.05) is 43.5 Å². The number of hydrogen-bond acceptors (Lipinski definition) is 3. The van der Waals surface area contributed by atoms with E-state index >= 15 is 0 Å². The first kappa shape index (κ1) is 21.8. The number of pyridine rings is 1. The Balaban J connectivity index is 1.34. The molecule has 0 saturated carbocycles. The molecule has 0 bridgehead atoms. The smallest absolute Gasteiger partial charge is 0.358 e. The van der Waals surface area contributed by atoms with Crippen LogP contribution in [0.5, 0.6) is 0 Å². The molecule has 0 radical (unpaired) electrons. The van der Waals surface area contributed by atoms with Gasteiger partial charge in [-0.05, 0) is 55.4 Å². The molecule has 2 aliphatic rings. The van der Waals surface area contributed by atoms with Crippen LogP contribution in [0.3, 0.4) is 0 Å². The van der Waals surface area contributed by atoms with Crippen LogP contribution in [0.2, 0.25) is 0 Å². The van der Waals surface area contributed by atoms with Crippen molar-refractivity contribution in [3.63, 3.8) is 0 Å². The summed E-state index contributed by atoms with van der Waals surface area (Å²) >= 11 is 0. The molecule has 1 N–H and O–H groups in total. The van der Waals surface area contributed by atoms with E-state index in [-0.39, 0.29) is 5.91 Å². The SMILES string of the molecule is C[C@H]1CCc2[nH]c3c(C(=O)N4CCCN(c5ccc(C(F)(F)F)cn5)CC4)cccc3c2C1. The van der Waals surface area contributed by atoms with Crippen molar-refractivity contribution in [2.24, 2.45) is 5.92 Å². The highest BCUT2D eigenvalue weighted by molar-refractivity contribution is 6.06. The first-order chi connectivity index (χ1) is 15.8. The number of para-hydroxylation sites is 1. The highest BCUT2D eigenvalue weighted by atomic mass is 19.4. The van der Waals surface area contributed by atoms with E-state index in [4.69, 9.17) is 0 Å². The summed E-state index contributed by atoms with van der Waals surface area (Å²) in [5.41, 5.74) is 3.45. The van der Waals surface area contributed by atoms with Crippen molar-refractivity contribution in [1.29, 1.82) is 0 Å². The highest BCUT2D eigenvalue weighted by Gasteiger charge is 2.31. The van der Waals surface area contributed by atoms with Crippen molar-refractivity contribution in [3.8, 4) is 0 Å². The van der Waals surface area contributed by atoms with Crippen molar-refractivity contribution in [2.45, 2.75) is 38.8 Å². The number of hydrogen-bond donors (Lipinski definition) is 1. The van der Waals surface area contributed by atoms with Crippen LogP contribution in [0.15, 0.2) is 36.5 Å². The number of amides is 1. The van der Waals surface area contributed by atoms with E-state index in [1.165, 1.54) is 17.3 Å². The lowest BCUT2D eigenvalue weighted by molar-refractivity contribution is -0.137. The summed E-state index contributed by atoms with van der Waals surface area (Å²) in [6.45, 7) is 4.53. The summed E-state index contributed by atoms with van der Waals surface area (Å²) in [5.74, 6) is 1.14. The fourth-order valence-electron chi connectivity index (χ4n) is 5.05. The molecule has 2 aromatic heterocycles. The fourth-order valence-corrected chi connectivity index (χ4v) is 5.05. The quantitative estimate of drug-likeness (QED) is 0.587. The maximum atomic E-state index is 13.5. The topological polar surface area (TPSA) is 52.2 Å². The molecule has 1 amide bonds. The molecule has 5 rings (SSSR count). The number of benzene rings is 1. The molecule has 1 aliphatic carbocycles. The van der Waals surface area contributed by atoms with E-state index in [2.05, 4.69) is 23.0 Å².